The van der Waals surface area contributed by atoms with Crippen LogP contribution in [0.1, 0.15) is 32.6 Å². The van der Waals surface area contributed by atoms with E-state index >= 15 is 0 Å². The molecule has 1 rings (SSSR count). The monoisotopic (exact) mass is 345 g/mol. The van der Waals surface area contributed by atoms with Crippen LogP contribution in [0.25, 0.3) is 0 Å². The molecule has 7 nitrogen and oxygen atoms in total. The lowest BCUT2D eigenvalue weighted by atomic mass is 10.2. The van der Waals surface area contributed by atoms with Crippen molar-refractivity contribution in [3.05, 3.63) is 0 Å². The zero-order valence-electron chi connectivity index (χ0n) is 15.3. The smallest absolute Gasteiger partial charge is 0.191 e. The summed E-state index contributed by atoms with van der Waals surface area (Å²) in [4.78, 5) is 4.55. The summed E-state index contributed by atoms with van der Waals surface area (Å²) in [6, 6.07) is 0. The van der Waals surface area contributed by atoms with Gasteiger partial charge in [0.05, 0.1) is 25.9 Å². The van der Waals surface area contributed by atoms with Gasteiger partial charge in [-0.1, -0.05) is 0 Å². The summed E-state index contributed by atoms with van der Waals surface area (Å²) in [7, 11) is 1.68. The van der Waals surface area contributed by atoms with Crippen LogP contribution >= 0.6 is 0 Å². The first kappa shape index (κ1) is 21.2. The van der Waals surface area contributed by atoms with Crippen LogP contribution in [0.5, 0.6) is 0 Å². The molecule has 1 saturated heterocycles. The van der Waals surface area contributed by atoms with Crippen LogP contribution in [0.2, 0.25) is 0 Å². The van der Waals surface area contributed by atoms with E-state index in [1.54, 1.807) is 7.11 Å². The van der Waals surface area contributed by atoms with Crippen LogP contribution in [0.15, 0.2) is 4.99 Å². The van der Waals surface area contributed by atoms with Crippen molar-refractivity contribution < 1.29 is 18.9 Å². The molecule has 1 heterocycles. The van der Waals surface area contributed by atoms with Crippen molar-refractivity contribution >= 4 is 5.96 Å². The largest absolute Gasteiger partial charge is 0.382 e. The Bertz CT molecular complexity index is 310. The molecule has 0 spiro atoms. The Morgan fingerprint density at radius 1 is 1.12 bits per heavy atom. The zero-order valence-corrected chi connectivity index (χ0v) is 15.3. The predicted octanol–water partition coefficient (Wildman–Crippen LogP) is 1.18. The van der Waals surface area contributed by atoms with Crippen LogP contribution in [-0.4, -0.2) is 78.4 Å². The van der Waals surface area contributed by atoms with Gasteiger partial charge in [0.1, 0.15) is 0 Å². The van der Waals surface area contributed by atoms with Gasteiger partial charge in [-0.2, -0.15) is 0 Å². The molecule has 0 aromatic carbocycles. The molecule has 7 heteroatoms. The average Bonchev–Trinajstić information content (AvgIpc) is 3.10. The number of aliphatic imine (C=N–C) groups is 1. The highest BCUT2D eigenvalue weighted by molar-refractivity contribution is 5.79. The van der Waals surface area contributed by atoms with Gasteiger partial charge < -0.3 is 29.6 Å². The molecule has 0 aliphatic carbocycles. The second-order valence-electron chi connectivity index (χ2n) is 5.71. The van der Waals surface area contributed by atoms with Gasteiger partial charge in [-0.25, -0.2) is 0 Å². The number of nitrogens with zero attached hydrogens (tertiary/aromatic N) is 1. The Hall–Kier alpha value is -0.890. The normalized spacial score (nSPS) is 18.1. The van der Waals surface area contributed by atoms with Crippen LogP contribution in [0.4, 0.5) is 0 Å². The lowest BCUT2D eigenvalue weighted by Gasteiger charge is -2.12. The highest BCUT2D eigenvalue weighted by Gasteiger charge is 2.14. The van der Waals surface area contributed by atoms with E-state index in [0.717, 1.165) is 71.1 Å². The standard InChI is InChI=1S/C17H35N3O4/c1-3-18-17(19-8-5-10-22-14-13-21-2)20-9-6-11-23-15-16-7-4-12-24-16/h16H,3-15H2,1-2H3,(H2,18,19,20). The minimum atomic E-state index is 0.304. The Balaban J connectivity index is 1.99. The summed E-state index contributed by atoms with van der Waals surface area (Å²) >= 11 is 0. The second kappa shape index (κ2) is 15.6. The molecule has 1 atom stereocenters. The average molecular weight is 345 g/mol. The molecule has 0 radical (unpaired) electrons. The summed E-state index contributed by atoms with van der Waals surface area (Å²) in [5.41, 5.74) is 0. The summed E-state index contributed by atoms with van der Waals surface area (Å²) < 4.78 is 21.5. The molecule has 1 unspecified atom stereocenters. The quantitative estimate of drug-likeness (QED) is 0.280. The zero-order chi connectivity index (χ0) is 17.3. The van der Waals surface area contributed by atoms with Crippen molar-refractivity contribution in [3.8, 4) is 0 Å². The molecule has 1 aliphatic rings. The predicted molar refractivity (Wildman–Crippen MR) is 95.7 cm³/mol. The maximum absolute atomic E-state index is 5.64. The van der Waals surface area contributed by atoms with Crippen molar-refractivity contribution in [2.75, 3.05) is 66.4 Å². The highest BCUT2D eigenvalue weighted by atomic mass is 16.5. The van der Waals surface area contributed by atoms with Crippen LogP contribution in [0.3, 0.4) is 0 Å². The van der Waals surface area contributed by atoms with Gasteiger partial charge in [-0.15, -0.1) is 0 Å². The fourth-order valence-electron chi connectivity index (χ4n) is 2.32. The van der Waals surface area contributed by atoms with Gasteiger partial charge in [-0.05, 0) is 32.6 Å². The van der Waals surface area contributed by atoms with Crippen molar-refractivity contribution in [1.29, 1.82) is 0 Å². The number of guanidine groups is 1. The van der Waals surface area contributed by atoms with Gasteiger partial charge in [-0.3, -0.25) is 4.99 Å². The molecule has 1 aliphatic heterocycles. The van der Waals surface area contributed by atoms with Gasteiger partial charge in [0.15, 0.2) is 5.96 Å². The number of methoxy groups -OCH3 is 1. The van der Waals surface area contributed by atoms with E-state index in [1.807, 2.05) is 0 Å². The van der Waals surface area contributed by atoms with Crippen molar-refractivity contribution in [2.45, 2.75) is 38.7 Å². The summed E-state index contributed by atoms with van der Waals surface area (Å²) in [6.45, 7) is 8.87. The maximum Gasteiger partial charge on any atom is 0.191 e. The van der Waals surface area contributed by atoms with E-state index in [9.17, 15) is 0 Å². The third-order valence-corrected chi connectivity index (χ3v) is 3.58. The molecule has 2 N–H and O–H groups in total. The van der Waals surface area contributed by atoms with Crippen molar-refractivity contribution in [1.82, 2.24) is 10.6 Å². The summed E-state index contributed by atoms with van der Waals surface area (Å²) in [5.74, 6) is 0.855. The first-order valence-electron chi connectivity index (χ1n) is 9.15. The minimum Gasteiger partial charge on any atom is -0.382 e. The number of rotatable bonds is 14. The summed E-state index contributed by atoms with van der Waals surface area (Å²) in [6.07, 6.45) is 4.45. The van der Waals surface area contributed by atoms with Crippen LogP contribution in [-0.2, 0) is 18.9 Å². The minimum absolute atomic E-state index is 0.304. The molecular formula is C17H35N3O4. The highest BCUT2D eigenvalue weighted by Crippen LogP contribution is 2.11. The van der Waals surface area contributed by atoms with Crippen molar-refractivity contribution in [3.63, 3.8) is 0 Å². The molecule has 0 bridgehead atoms. The Kier molecular flexibility index (Phi) is 13.8. The van der Waals surface area contributed by atoms with E-state index in [0.29, 0.717) is 25.9 Å². The number of hydrogen-bond donors (Lipinski definition) is 2. The fraction of sp³-hybridized carbons (Fsp3) is 0.941. The third kappa shape index (κ3) is 11.6. The van der Waals surface area contributed by atoms with Crippen LogP contribution in [0, 0.1) is 0 Å². The Morgan fingerprint density at radius 2 is 2.00 bits per heavy atom. The molecule has 1 fully saturated rings. The first-order valence-corrected chi connectivity index (χ1v) is 9.15. The van der Waals surface area contributed by atoms with Gasteiger partial charge in [0, 0.05) is 46.6 Å². The number of hydrogen-bond acceptors (Lipinski definition) is 5. The van der Waals surface area contributed by atoms with E-state index in [4.69, 9.17) is 18.9 Å². The lowest BCUT2D eigenvalue weighted by Crippen LogP contribution is -2.38. The molecule has 0 aromatic heterocycles. The molecule has 24 heavy (non-hydrogen) atoms. The molecule has 0 saturated carbocycles. The van der Waals surface area contributed by atoms with Crippen LogP contribution < -0.4 is 10.6 Å². The Morgan fingerprint density at radius 3 is 2.75 bits per heavy atom. The third-order valence-electron chi connectivity index (χ3n) is 3.58. The summed E-state index contributed by atoms with van der Waals surface area (Å²) in [5, 5.41) is 6.56. The number of nitrogens with one attached hydrogen (secondary N) is 2. The molecular weight excluding hydrogens is 310 g/mol. The Labute approximate surface area is 146 Å². The molecule has 142 valence electrons. The second-order valence-corrected chi connectivity index (χ2v) is 5.71. The number of ether oxygens (including phenoxy) is 4. The fourth-order valence-corrected chi connectivity index (χ4v) is 2.32. The molecule has 0 aromatic rings. The maximum atomic E-state index is 5.64. The van der Waals surface area contributed by atoms with Gasteiger partial charge >= 0.3 is 0 Å². The molecule has 0 amide bonds. The first-order chi connectivity index (χ1) is 11.9. The van der Waals surface area contributed by atoms with E-state index in [2.05, 4.69) is 22.5 Å². The topological polar surface area (TPSA) is 73.3 Å². The van der Waals surface area contributed by atoms with E-state index < -0.39 is 0 Å². The van der Waals surface area contributed by atoms with Gasteiger partial charge in [0.2, 0.25) is 0 Å². The lowest BCUT2D eigenvalue weighted by molar-refractivity contribution is 0.0171. The van der Waals surface area contributed by atoms with E-state index in [1.165, 1.54) is 0 Å². The van der Waals surface area contributed by atoms with E-state index in [-0.39, 0.29) is 0 Å². The van der Waals surface area contributed by atoms with Crippen molar-refractivity contribution in [2.24, 2.45) is 4.99 Å². The van der Waals surface area contributed by atoms with Gasteiger partial charge in [0.25, 0.3) is 0 Å². The SMILES string of the molecule is CCNC(=NCCCOCC1CCCO1)NCCCOCCOC.